The lowest BCUT2D eigenvalue weighted by atomic mass is 10.1. The van der Waals surface area contributed by atoms with E-state index < -0.39 is 0 Å². The Morgan fingerprint density at radius 1 is 1.06 bits per heavy atom. The molecule has 0 aromatic heterocycles. The van der Waals surface area contributed by atoms with E-state index in [9.17, 15) is 4.39 Å². The SMILES string of the molecule is OCc1cccc(CN2CCCCCC2)c1F. The molecule has 1 N–H and O–H groups in total. The summed E-state index contributed by atoms with van der Waals surface area (Å²) in [6.07, 6.45) is 4.99. The number of rotatable bonds is 3. The van der Waals surface area contributed by atoms with Crippen molar-refractivity contribution in [2.45, 2.75) is 38.8 Å². The standard InChI is InChI=1S/C14H20FNO/c15-14-12(6-5-7-13(14)11-17)10-16-8-3-1-2-4-9-16/h5-7,17H,1-4,8-11H2. The van der Waals surface area contributed by atoms with E-state index in [1.54, 1.807) is 6.07 Å². The molecule has 0 spiro atoms. The quantitative estimate of drug-likeness (QED) is 0.873. The van der Waals surface area contributed by atoms with Gasteiger partial charge in [0.15, 0.2) is 0 Å². The molecule has 0 bridgehead atoms. The maximum absolute atomic E-state index is 13.9. The van der Waals surface area contributed by atoms with Crippen molar-refractivity contribution in [1.82, 2.24) is 4.90 Å². The van der Waals surface area contributed by atoms with E-state index in [-0.39, 0.29) is 12.4 Å². The first kappa shape index (κ1) is 12.5. The molecule has 1 fully saturated rings. The second-order valence-corrected chi connectivity index (χ2v) is 4.74. The summed E-state index contributed by atoms with van der Waals surface area (Å²) < 4.78 is 13.9. The van der Waals surface area contributed by atoms with Crippen LogP contribution in [0.15, 0.2) is 18.2 Å². The van der Waals surface area contributed by atoms with Crippen molar-refractivity contribution >= 4 is 0 Å². The fourth-order valence-corrected chi connectivity index (χ4v) is 2.41. The van der Waals surface area contributed by atoms with Gasteiger partial charge in [0, 0.05) is 17.7 Å². The molecule has 1 saturated heterocycles. The van der Waals surface area contributed by atoms with E-state index in [4.69, 9.17) is 5.11 Å². The zero-order chi connectivity index (χ0) is 12.1. The third kappa shape index (κ3) is 3.27. The highest BCUT2D eigenvalue weighted by Crippen LogP contribution is 2.17. The Morgan fingerprint density at radius 3 is 2.35 bits per heavy atom. The molecule has 0 aliphatic carbocycles. The van der Waals surface area contributed by atoms with Gasteiger partial charge < -0.3 is 5.11 Å². The molecular formula is C14H20FNO. The highest BCUT2D eigenvalue weighted by atomic mass is 19.1. The fourth-order valence-electron chi connectivity index (χ4n) is 2.41. The van der Waals surface area contributed by atoms with Crippen LogP contribution >= 0.6 is 0 Å². The molecular weight excluding hydrogens is 217 g/mol. The van der Waals surface area contributed by atoms with Gasteiger partial charge in [-0.2, -0.15) is 0 Å². The van der Waals surface area contributed by atoms with Gasteiger partial charge in [0.1, 0.15) is 5.82 Å². The first-order chi connectivity index (χ1) is 8.31. The molecule has 1 aromatic rings. The lowest BCUT2D eigenvalue weighted by molar-refractivity contribution is 0.264. The summed E-state index contributed by atoms with van der Waals surface area (Å²) in [4.78, 5) is 2.31. The Kier molecular flexibility index (Phi) is 4.51. The lowest BCUT2D eigenvalue weighted by Gasteiger charge is -2.20. The van der Waals surface area contributed by atoms with E-state index in [2.05, 4.69) is 4.90 Å². The summed E-state index contributed by atoms with van der Waals surface area (Å²) in [5.41, 5.74) is 1.11. The van der Waals surface area contributed by atoms with Crippen LogP contribution in [0.5, 0.6) is 0 Å². The van der Waals surface area contributed by atoms with Crippen LogP contribution in [0, 0.1) is 5.82 Å². The number of halogens is 1. The maximum atomic E-state index is 13.9. The van der Waals surface area contributed by atoms with Crippen LogP contribution in [0.2, 0.25) is 0 Å². The van der Waals surface area contributed by atoms with E-state index >= 15 is 0 Å². The van der Waals surface area contributed by atoms with Crippen molar-refractivity contribution in [1.29, 1.82) is 0 Å². The Bertz CT molecular complexity index is 359. The molecule has 1 aromatic carbocycles. The van der Waals surface area contributed by atoms with Gasteiger partial charge in [-0.1, -0.05) is 31.0 Å². The molecule has 0 radical (unpaired) electrons. The summed E-state index contributed by atoms with van der Waals surface area (Å²) in [7, 11) is 0. The van der Waals surface area contributed by atoms with Crippen molar-refractivity contribution in [3.63, 3.8) is 0 Å². The molecule has 3 heteroatoms. The predicted molar refractivity (Wildman–Crippen MR) is 66.1 cm³/mol. The van der Waals surface area contributed by atoms with Gasteiger partial charge in [0.2, 0.25) is 0 Å². The Hall–Kier alpha value is -0.930. The van der Waals surface area contributed by atoms with Gasteiger partial charge >= 0.3 is 0 Å². The Morgan fingerprint density at radius 2 is 1.71 bits per heavy atom. The highest BCUT2D eigenvalue weighted by molar-refractivity contribution is 5.25. The van der Waals surface area contributed by atoms with E-state index in [0.717, 1.165) is 13.1 Å². The van der Waals surface area contributed by atoms with Crippen LogP contribution in [0.1, 0.15) is 36.8 Å². The molecule has 1 aliphatic heterocycles. The van der Waals surface area contributed by atoms with Crippen molar-refractivity contribution in [3.05, 3.63) is 35.1 Å². The summed E-state index contributed by atoms with van der Waals surface area (Å²) in [6, 6.07) is 5.28. The largest absolute Gasteiger partial charge is 0.392 e. The zero-order valence-electron chi connectivity index (χ0n) is 10.2. The molecule has 2 rings (SSSR count). The van der Waals surface area contributed by atoms with E-state index in [1.807, 2.05) is 12.1 Å². The smallest absolute Gasteiger partial charge is 0.133 e. The predicted octanol–water partition coefficient (Wildman–Crippen LogP) is 2.69. The number of hydrogen-bond acceptors (Lipinski definition) is 2. The van der Waals surface area contributed by atoms with Crippen molar-refractivity contribution in [2.75, 3.05) is 13.1 Å². The second-order valence-electron chi connectivity index (χ2n) is 4.74. The number of hydrogen-bond donors (Lipinski definition) is 1. The molecule has 2 nitrogen and oxygen atoms in total. The van der Waals surface area contributed by atoms with E-state index in [1.165, 1.54) is 25.7 Å². The number of aliphatic hydroxyl groups excluding tert-OH is 1. The first-order valence-electron chi connectivity index (χ1n) is 6.41. The summed E-state index contributed by atoms with van der Waals surface area (Å²) in [6.45, 7) is 2.56. The summed E-state index contributed by atoms with van der Waals surface area (Å²) >= 11 is 0. The molecule has 0 unspecified atom stereocenters. The van der Waals surface area contributed by atoms with Gasteiger partial charge in [-0.25, -0.2) is 4.39 Å². The molecule has 17 heavy (non-hydrogen) atoms. The third-order valence-corrected chi connectivity index (χ3v) is 3.42. The molecule has 94 valence electrons. The van der Waals surface area contributed by atoms with Crippen molar-refractivity contribution < 1.29 is 9.50 Å². The van der Waals surface area contributed by atoms with Crippen LogP contribution in [0.3, 0.4) is 0 Å². The number of aliphatic hydroxyl groups is 1. The van der Waals surface area contributed by atoms with Crippen LogP contribution in [-0.4, -0.2) is 23.1 Å². The average Bonchev–Trinajstić information content (AvgIpc) is 2.60. The Labute approximate surface area is 102 Å². The first-order valence-corrected chi connectivity index (χ1v) is 6.41. The molecule has 0 amide bonds. The third-order valence-electron chi connectivity index (χ3n) is 3.42. The van der Waals surface area contributed by atoms with Gasteiger partial charge in [-0.05, 0) is 25.9 Å². The molecule has 1 aliphatic rings. The van der Waals surface area contributed by atoms with Gasteiger partial charge in [0.05, 0.1) is 6.61 Å². The molecule has 1 heterocycles. The monoisotopic (exact) mass is 237 g/mol. The number of benzene rings is 1. The zero-order valence-corrected chi connectivity index (χ0v) is 10.2. The van der Waals surface area contributed by atoms with Gasteiger partial charge in [0.25, 0.3) is 0 Å². The average molecular weight is 237 g/mol. The normalized spacial score (nSPS) is 18.0. The maximum Gasteiger partial charge on any atom is 0.133 e. The van der Waals surface area contributed by atoms with Crippen molar-refractivity contribution in [2.24, 2.45) is 0 Å². The summed E-state index contributed by atoms with van der Waals surface area (Å²) in [5.74, 6) is -0.237. The van der Waals surface area contributed by atoms with Crippen LogP contribution in [0.4, 0.5) is 4.39 Å². The minimum Gasteiger partial charge on any atom is -0.392 e. The molecule has 0 saturated carbocycles. The second kappa shape index (κ2) is 6.12. The van der Waals surface area contributed by atoms with Crippen LogP contribution < -0.4 is 0 Å². The van der Waals surface area contributed by atoms with Gasteiger partial charge in [-0.3, -0.25) is 4.90 Å². The number of likely N-dealkylation sites (tertiary alicyclic amines) is 1. The Balaban J connectivity index is 2.06. The van der Waals surface area contributed by atoms with Crippen LogP contribution in [0.25, 0.3) is 0 Å². The topological polar surface area (TPSA) is 23.5 Å². The number of nitrogens with zero attached hydrogens (tertiary/aromatic N) is 1. The molecule has 0 atom stereocenters. The van der Waals surface area contributed by atoms with Gasteiger partial charge in [-0.15, -0.1) is 0 Å². The highest BCUT2D eigenvalue weighted by Gasteiger charge is 2.13. The fraction of sp³-hybridized carbons (Fsp3) is 0.571. The van der Waals surface area contributed by atoms with Crippen molar-refractivity contribution in [3.8, 4) is 0 Å². The summed E-state index contributed by atoms with van der Waals surface area (Å²) in [5, 5.41) is 9.04. The lowest BCUT2D eigenvalue weighted by Crippen LogP contribution is -2.24. The minimum absolute atomic E-state index is 0.223. The van der Waals surface area contributed by atoms with Crippen LogP contribution in [-0.2, 0) is 13.2 Å². The minimum atomic E-state index is -0.237. The van der Waals surface area contributed by atoms with E-state index in [0.29, 0.717) is 17.7 Å².